The third-order valence-corrected chi connectivity index (χ3v) is 4.29. The summed E-state index contributed by atoms with van der Waals surface area (Å²) < 4.78 is 5.63. The van der Waals surface area contributed by atoms with Gasteiger partial charge in [0.15, 0.2) is 0 Å². The zero-order chi connectivity index (χ0) is 15.4. The van der Waals surface area contributed by atoms with E-state index in [-0.39, 0.29) is 5.91 Å². The second-order valence-electron chi connectivity index (χ2n) is 5.34. The molecule has 1 saturated heterocycles. The van der Waals surface area contributed by atoms with Gasteiger partial charge < -0.3 is 14.7 Å². The first kappa shape index (κ1) is 15.0. The lowest BCUT2D eigenvalue weighted by atomic mass is 10.1. The molecule has 2 heterocycles. The summed E-state index contributed by atoms with van der Waals surface area (Å²) in [7, 11) is 0. The van der Waals surface area contributed by atoms with Gasteiger partial charge in [0.05, 0.1) is 17.3 Å². The number of aromatic nitrogens is 1. The summed E-state index contributed by atoms with van der Waals surface area (Å²) in [4.78, 5) is 18.2. The van der Waals surface area contributed by atoms with Gasteiger partial charge in [-0.1, -0.05) is 0 Å². The molecule has 0 aliphatic carbocycles. The van der Waals surface area contributed by atoms with Crippen molar-refractivity contribution in [1.29, 1.82) is 0 Å². The van der Waals surface area contributed by atoms with Crippen LogP contribution in [-0.4, -0.2) is 40.1 Å². The topological polar surface area (TPSA) is 62.7 Å². The molecule has 0 bridgehead atoms. The van der Waals surface area contributed by atoms with E-state index in [1.165, 1.54) is 11.3 Å². The lowest BCUT2D eigenvalue weighted by molar-refractivity contribution is 0.0473. The maximum Gasteiger partial charge on any atom is 0.253 e. The van der Waals surface area contributed by atoms with E-state index in [4.69, 9.17) is 4.74 Å². The summed E-state index contributed by atoms with van der Waals surface area (Å²) in [5.74, 6) is 0.674. The molecule has 6 heteroatoms. The highest BCUT2D eigenvalue weighted by Gasteiger charge is 2.22. The summed E-state index contributed by atoms with van der Waals surface area (Å²) in [6.07, 6.45) is 1.22. The number of aliphatic hydroxyl groups is 1. The van der Waals surface area contributed by atoms with Crippen molar-refractivity contribution >= 4 is 17.2 Å². The highest BCUT2D eigenvalue weighted by molar-refractivity contribution is 7.07. The SMILES string of the molecule is O=C(c1ccc(OCc2cscn2)cc1)N1CCCC(O)C1. The molecule has 1 aliphatic heterocycles. The van der Waals surface area contributed by atoms with E-state index in [9.17, 15) is 9.90 Å². The Hall–Kier alpha value is -1.92. The molecule has 3 rings (SSSR count). The Morgan fingerprint density at radius 2 is 2.23 bits per heavy atom. The summed E-state index contributed by atoms with van der Waals surface area (Å²) >= 11 is 1.54. The predicted molar refractivity (Wildman–Crippen MR) is 84.0 cm³/mol. The van der Waals surface area contributed by atoms with Crippen molar-refractivity contribution in [2.24, 2.45) is 0 Å². The van der Waals surface area contributed by atoms with Crippen LogP contribution in [0.4, 0.5) is 0 Å². The molecule has 1 atom stereocenters. The number of thiazole rings is 1. The van der Waals surface area contributed by atoms with Crippen molar-refractivity contribution in [1.82, 2.24) is 9.88 Å². The number of carbonyl (C=O) groups is 1. The first-order valence-electron chi connectivity index (χ1n) is 7.29. The summed E-state index contributed by atoms with van der Waals surface area (Å²) in [5.41, 5.74) is 3.29. The van der Waals surface area contributed by atoms with Crippen LogP contribution in [0.5, 0.6) is 5.75 Å². The molecule has 0 radical (unpaired) electrons. The van der Waals surface area contributed by atoms with Gasteiger partial charge >= 0.3 is 0 Å². The van der Waals surface area contributed by atoms with Gasteiger partial charge in [0.2, 0.25) is 0 Å². The zero-order valence-corrected chi connectivity index (χ0v) is 13.0. The largest absolute Gasteiger partial charge is 0.487 e. The molecule has 1 aliphatic rings. The maximum atomic E-state index is 12.4. The second-order valence-corrected chi connectivity index (χ2v) is 6.06. The lowest BCUT2D eigenvalue weighted by Crippen LogP contribution is -2.42. The Balaban J connectivity index is 1.59. The molecule has 5 nitrogen and oxygen atoms in total. The molecule has 0 spiro atoms. The van der Waals surface area contributed by atoms with Crippen LogP contribution >= 0.6 is 11.3 Å². The van der Waals surface area contributed by atoms with Gasteiger partial charge in [0.1, 0.15) is 12.4 Å². The quantitative estimate of drug-likeness (QED) is 0.940. The van der Waals surface area contributed by atoms with Gasteiger partial charge in [-0.05, 0) is 37.1 Å². The Labute approximate surface area is 133 Å². The average molecular weight is 318 g/mol. The number of carbonyl (C=O) groups excluding carboxylic acids is 1. The van der Waals surface area contributed by atoms with Gasteiger partial charge in [-0.15, -0.1) is 11.3 Å². The molecule has 1 fully saturated rings. The van der Waals surface area contributed by atoms with Crippen molar-refractivity contribution in [3.05, 3.63) is 46.4 Å². The van der Waals surface area contributed by atoms with Gasteiger partial charge in [0.25, 0.3) is 5.91 Å². The minimum atomic E-state index is -0.404. The molecule has 0 saturated carbocycles. The Morgan fingerprint density at radius 1 is 1.41 bits per heavy atom. The fourth-order valence-corrected chi connectivity index (χ4v) is 3.02. The van der Waals surface area contributed by atoms with E-state index in [2.05, 4.69) is 4.98 Å². The number of rotatable bonds is 4. The molecule has 1 amide bonds. The molecule has 22 heavy (non-hydrogen) atoms. The highest BCUT2D eigenvalue weighted by Crippen LogP contribution is 2.18. The van der Waals surface area contributed by atoms with E-state index >= 15 is 0 Å². The van der Waals surface area contributed by atoms with Gasteiger partial charge in [-0.3, -0.25) is 4.79 Å². The number of nitrogens with zero attached hydrogens (tertiary/aromatic N) is 2. The number of piperidine rings is 1. The molecular weight excluding hydrogens is 300 g/mol. The van der Waals surface area contributed by atoms with Crippen LogP contribution in [-0.2, 0) is 6.61 Å². The molecule has 1 unspecified atom stereocenters. The fourth-order valence-electron chi connectivity index (χ4n) is 2.48. The average Bonchev–Trinajstić information content (AvgIpc) is 3.06. The van der Waals surface area contributed by atoms with Crippen LogP contribution in [0.15, 0.2) is 35.2 Å². The second kappa shape index (κ2) is 6.89. The Morgan fingerprint density at radius 3 is 2.91 bits per heavy atom. The van der Waals surface area contributed by atoms with Crippen LogP contribution < -0.4 is 4.74 Å². The number of aliphatic hydroxyl groups excluding tert-OH is 1. The predicted octanol–water partition coefficient (Wildman–Crippen LogP) is 2.32. The number of β-amino-alcohol motifs (C(OH)–C–C–N with tert-alkyl or cyclic N) is 1. The third-order valence-electron chi connectivity index (χ3n) is 3.66. The minimum absolute atomic E-state index is 0.0372. The van der Waals surface area contributed by atoms with Crippen molar-refractivity contribution in [2.45, 2.75) is 25.6 Å². The molecule has 1 aromatic carbocycles. The molecule has 116 valence electrons. The van der Waals surface area contributed by atoms with E-state index in [1.54, 1.807) is 34.7 Å². The number of benzene rings is 1. The Bertz CT molecular complexity index is 613. The number of likely N-dealkylation sites (tertiary alicyclic amines) is 1. The van der Waals surface area contributed by atoms with Crippen LogP contribution in [0.1, 0.15) is 28.9 Å². The number of amides is 1. The van der Waals surface area contributed by atoms with E-state index in [0.29, 0.717) is 31.0 Å². The van der Waals surface area contributed by atoms with E-state index in [0.717, 1.165) is 18.5 Å². The summed E-state index contributed by atoms with van der Waals surface area (Å²) in [6, 6.07) is 7.11. The van der Waals surface area contributed by atoms with Crippen LogP contribution in [0.2, 0.25) is 0 Å². The fraction of sp³-hybridized carbons (Fsp3) is 0.375. The van der Waals surface area contributed by atoms with Crippen LogP contribution in [0, 0.1) is 0 Å². The smallest absolute Gasteiger partial charge is 0.253 e. The van der Waals surface area contributed by atoms with Gasteiger partial charge in [-0.2, -0.15) is 0 Å². The van der Waals surface area contributed by atoms with E-state index in [1.807, 2.05) is 5.38 Å². The lowest BCUT2D eigenvalue weighted by Gasteiger charge is -2.30. The third kappa shape index (κ3) is 3.64. The van der Waals surface area contributed by atoms with Crippen molar-refractivity contribution in [3.8, 4) is 5.75 Å². The monoisotopic (exact) mass is 318 g/mol. The van der Waals surface area contributed by atoms with Gasteiger partial charge in [-0.25, -0.2) is 4.98 Å². The normalized spacial score (nSPS) is 18.2. The standard InChI is InChI=1S/C16H18N2O3S/c19-14-2-1-7-18(8-14)16(20)12-3-5-15(6-4-12)21-9-13-10-22-11-17-13/h3-6,10-11,14,19H,1-2,7-9H2. The first-order chi connectivity index (χ1) is 10.7. The first-order valence-corrected chi connectivity index (χ1v) is 8.24. The van der Waals surface area contributed by atoms with E-state index < -0.39 is 6.10 Å². The summed E-state index contributed by atoms with van der Waals surface area (Å²) in [5, 5.41) is 11.6. The van der Waals surface area contributed by atoms with Gasteiger partial charge in [0, 0.05) is 24.0 Å². The minimum Gasteiger partial charge on any atom is -0.487 e. The molecule has 1 N–H and O–H groups in total. The zero-order valence-electron chi connectivity index (χ0n) is 12.1. The molecule has 1 aromatic heterocycles. The number of hydrogen-bond acceptors (Lipinski definition) is 5. The highest BCUT2D eigenvalue weighted by atomic mass is 32.1. The Kier molecular flexibility index (Phi) is 4.70. The number of hydrogen-bond donors (Lipinski definition) is 1. The van der Waals surface area contributed by atoms with Crippen LogP contribution in [0.25, 0.3) is 0 Å². The van der Waals surface area contributed by atoms with Crippen LogP contribution in [0.3, 0.4) is 0 Å². The van der Waals surface area contributed by atoms with Crippen molar-refractivity contribution < 1.29 is 14.6 Å². The maximum absolute atomic E-state index is 12.4. The summed E-state index contributed by atoms with van der Waals surface area (Å²) in [6.45, 7) is 1.55. The molecular formula is C16H18N2O3S. The number of ether oxygens (including phenoxy) is 1. The molecule has 2 aromatic rings. The van der Waals surface area contributed by atoms with Crippen molar-refractivity contribution in [3.63, 3.8) is 0 Å². The van der Waals surface area contributed by atoms with Crippen molar-refractivity contribution in [2.75, 3.05) is 13.1 Å².